The van der Waals surface area contributed by atoms with Gasteiger partial charge in [0.1, 0.15) is 11.8 Å². The lowest BCUT2D eigenvalue weighted by Gasteiger charge is -2.24. The van der Waals surface area contributed by atoms with E-state index in [1.165, 1.54) is 16.8 Å². The second-order valence-electron chi connectivity index (χ2n) is 9.70. The molecule has 1 fully saturated rings. The summed E-state index contributed by atoms with van der Waals surface area (Å²) in [5.74, 6) is 1.39. The van der Waals surface area contributed by atoms with Crippen LogP contribution in [0.4, 0.5) is 5.69 Å². The molecule has 196 valence electrons. The first kappa shape index (κ1) is 27.8. The second kappa shape index (κ2) is 11.6. The minimum atomic E-state index is -0.529. The largest absolute Gasteiger partial charge is 0.472 e. The summed E-state index contributed by atoms with van der Waals surface area (Å²) in [6, 6.07) is 8.01. The molecule has 0 radical (unpaired) electrons. The van der Waals surface area contributed by atoms with E-state index in [0.29, 0.717) is 21.1 Å². The molecule has 0 unspecified atom stereocenters. The molecule has 3 heterocycles. The van der Waals surface area contributed by atoms with Crippen molar-refractivity contribution in [3.8, 4) is 11.7 Å². The highest BCUT2D eigenvalue weighted by atomic mass is 79.9. The first-order valence-electron chi connectivity index (χ1n) is 11.6. The topological polar surface area (TPSA) is 98.1 Å². The fourth-order valence-electron chi connectivity index (χ4n) is 3.43. The lowest BCUT2D eigenvalue weighted by Crippen LogP contribution is -2.31. The van der Waals surface area contributed by atoms with Crippen LogP contribution in [0.15, 0.2) is 41.0 Å². The Balaban J connectivity index is 1.65. The van der Waals surface area contributed by atoms with Gasteiger partial charge >= 0.3 is 0 Å². The van der Waals surface area contributed by atoms with Crippen molar-refractivity contribution in [1.29, 1.82) is 0 Å². The molecule has 0 aliphatic carbocycles. The third-order valence-corrected chi connectivity index (χ3v) is 7.81. The van der Waals surface area contributed by atoms with Gasteiger partial charge in [-0.15, -0.1) is 5.10 Å². The molecule has 2 amide bonds. The van der Waals surface area contributed by atoms with E-state index in [4.69, 9.17) is 27.9 Å². The molecule has 12 heteroatoms. The molecule has 37 heavy (non-hydrogen) atoms. The van der Waals surface area contributed by atoms with Crippen LogP contribution < -0.4 is 15.4 Å². The number of carbonyl (C=O) groups is 2. The monoisotopic (exact) mass is 625 g/mol. The number of ether oxygens (including phenoxy) is 1. The number of amides is 2. The Hall–Kier alpha value is -2.27. The van der Waals surface area contributed by atoms with Gasteiger partial charge in [-0.1, -0.05) is 44.0 Å². The van der Waals surface area contributed by atoms with Crippen molar-refractivity contribution in [3.05, 3.63) is 62.3 Å². The van der Waals surface area contributed by atoms with Crippen molar-refractivity contribution in [2.45, 2.75) is 33.3 Å². The molecule has 1 aromatic carbocycles. The fourth-order valence-corrected chi connectivity index (χ4v) is 5.10. The van der Waals surface area contributed by atoms with Gasteiger partial charge < -0.3 is 15.4 Å². The molecule has 1 aliphatic heterocycles. The number of carbonyl (C=O) groups excluding carboxylic acids is 2. The Bertz CT molecular complexity index is 1320. The van der Waals surface area contributed by atoms with Crippen LogP contribution in [-0.4, -0.2) is 50.7 Å². The van der Waals surface area contributed by atoms with Crippen LogP contribution in [-0.2, 0) is 0 Å². The highest BCUT2D eigenvalue weighted by Gasteiger charge is 2.26. The van der Waals surface area contributed by atoms with Crippen LogP contribution in [0.3, 0.4) is 0 Å². The third-order valence-electron chi connectivity index (χ3n) is 5.45. The molecule has 0 atom stereocenters. The van der Waals surface area contributed by atoms with Gasteiger partial charge in [0, 0.05) is 39.8 Å². The van der Waals surface area contributed by atoms with Crippen molar-refractivity contribution in [3.63, 3.8) is 0 Å². The molecule has 1 saturated heterocycles. The number of thioether (sulfide) groups is 1. The van der Waals surface area contributed by atoms with Crippen LogP contribution in [0, 0.1) is 5.41 Å². The summed E-state index contributed by atoms with van der Waals surface area (Å²) in [7, 11) is 0. The number of pyridine rings is 1. The predicted octanol–water partition coefficient (Wildman–Crippen LogP) is 6.25. The van der Waals surface area contributed by atoms with E-state index in [1.54, 1.807) is 36.2 Å². The molecule has 3 aromatic rings. The highest BCUT2D eigenvalue weighted by molar-refractivity contribution is 9.10. The molecule has 0 spiro atoms. The van der Waals surface area contributed by atoms with E-state index < -0.39 is 5.91 Å². The number of halogens is 3. The Morgan fingerprint density at radius 1 is 1.22 bits per heavy atom. The van der Waals surface area contributed by atoms with Crippen LogP contribution in [0.25, 0.3) is 5.82 Å². The van der Waals surface area contributed by atoms with E-state index in [2.05, 4.69) is 57.4 Å². The quantitative estimate of drug-likeness (QED) is 0.307. The zero-order valence-corrected chi connectivity index (χ0v) is 24.4. The first-order chi connectivity index (χ1) is 17.5. The average molecular weight is 627 g/mol. The van der Waals surface area contributed by atoms with E-state index in [1.807, 2.05) is 0 Å². The van der Waals surface area contributed by atoms with Crippen LogP contribution in [0.2, 0.25) is 10.0 Å². The average Bonchev–Trinajstić information content (AvgIpc) is 3.21. The van der Waals surface area contributed by atoms with Crippen molar-refractivity contribution in [2.75, 3.05) is 23.4 Å². The third kappa shape index (κ3) is 6.98. The van der Waals surface area contributed by atoms with Gasteiger partial charge in [-0.2, -0.15) is 11.8 Å². The summed E-state index contributed by atoms with van der Waals surface area (Å²) in [6.07, 6.45) is 2.37. The maximum atomic E-state index is 13.6. The number of hydrogen-bond donors (Lipinski definition) is 2. The fraction of sp³-hybridized carbons (Fsp3) is 0.360. The number of rotatable bonds is 8. The highest BCUT2D eigenvalue weighted by Crippen LogP contribution is 2.32. The number of benzene rings is 1. The van der Waals surface area contributed by atoms with Crippen molar-refractivity contribution in [2.24, 2.45) is 5.41 Å². The lowest BCUT2D eigenvalue weighted by molar-refractivity contribution is 0.0950. The van der Waals surface area contributed by atoms with Gasteiger partial charge in [-0.3, -0.25) is 9.59 Å². The SMILES string of the molecule is CC(C)(C)CCNC(=O)c1cc(Cl)cc(Br)c1NC(=O)c1cc(OC2CSC2)nn1-c1ncccc1Cl. The van der Waals surface area contributed by atoms with Crippen LogP contribution in [0.5, 0.6) is 5.88 Å². The Kier molecular flexibility index (Phi) is 8.73. The zero-order valence-electron chi connectivity index (χ0n) is 20.5. The molecule has 1 aliphatic rings. The molecule has 2 N–H and O–H groups in total. The Labute approximate surface area is 238 Å². The van der Waals surface area contributed by atoms with E-state index in [9.17, 15) is 9.59 Å². The van der Waals surface area contributed by atoms with Crippen molar-refractivity contribution in [1.82, 2.24) is 20.1 Å². The number of nitrogens with one attached hydrogen (secondary N) is 2. The first-order valence-corrected chi connectivity index (χ1v) is 14.3. The minimum Gasteiger partial charge on any atom is -0.472 e. The van der Waals surface area contributed by atoms with E-state index in [0.717, 1.165) is 17.9 Å². The number of anilines is 1. The maximum Gasteiger partial charge on any atom is 0.274 e. The van der Waals surface area contributed by atoms with Gasteiger partial charge in [0.05, 0.1) is 16.3 Å². The molecule has 0 saturated carbocycles. The van der Waals surface area contributed by atoms with Gasteiger partial charge in [0.2, 0.25) is 5.88 Å². The zero-order chi connectivity index (χ0) is 26.7. The summed E-state index contributed by atoms with van der Waals surface area (Å²) in [5.41, 5.74) is 0.706. The normalized spacial score (nSPS) is 13.7. The number of nitrogens with zero attached hydrogens (tertiary/aromatic N) is 3. The van der Waals surface area contributed by atoms with E-state index in [-0.39, 0.29) is 46.1 Å². The summed E-state index contributed by atoms with van der Waals surface area (Å²) in [6.45, 7) is 6.77. The second-order valence-corrected chi connectivity index (χ2v) is 12.5. The summed E-state index contributed by atoms with van der Waals surface area (Å²) in [5, 5.41) is 10.9. The Morgan fingerprint density at radius 3 is 2.62 bits per heavy atom. The minimum absolute atomic E-state index is 0.0253. The molecule has 2 aromatic heterocycles. The summed E-state index contributed by atoms with van der Waals surface area (Å²) >= 11 is 17.8. The molecular formula is C25H26BrCl2N5O3S. The Morgan fingerprint density at radius 2 is 1.97 bits per heavy atom. The smallest absolute Gasteiger partial charge is 0.274 e. The lowest BCUT2D eigenvalue weighted by atomic mass is 9.92. The maximum absolute atomic E-state index is 13.6. The summed E-state index contributed by atoms with van der Waals surface area (Å²) in [4.78, 5) is 30.9. The van der Waals surface area contributed by atoms with Crippen molar-refractivity contribution >= 4 is 68.4 Å². The number of aromatic nitrogens is 3. The van der Waals surface area contributed by atoms with Crippen LogP contribution in [0.1, 0.15) is 48.0 Å². The molecule has 8 nitrogen and oxygen atoms in total. The van der Waals surface area contributed by atoms with Gasteiger partial charge in [-0.25, -0.2) is 9.67 Å². The number of hydrogen-bond acceptors (Lipinski definition) is 6. The van der Waals surface area contributed by atoms with E-state index >= 15 is 0 Å². The predicted molar refractivity (Wildman–Crippen MR) is 152 cm³/mol. The molecule has 0 bridgehead atoms. The molecular weight excluding hydrogens is 601 g/mol. The van der Waals surface area contributed by atoms with Gasteiger partial charge in [-0.05, 0) is 52.0 Å². The van der Waals surface area contributed by atoms with Gasteiger partial charge in [0.25, 0.3) is 11.8 Å². The van der Waals surface area contributed by atoms with Crippen molar-refractivity contribution < 1.29 is 14.3 Å². The summed E-state index contributed by atoms with van der Waals surface area (Å²) < 4.78 is 7.71. The molecule has 4 rings (SSSR count). The van der Waals surface area contributed by atoms with Crippen LogP contribution >= 0.6 is 50.9 Å². The van der Waals surface area contributed by atoms with Gasteiger partial charge in [0.15, 0.2) is 5.82 Å². The standard InChI is InChI=1S/C25H26BrCl2N5O3S/c1-25(2,3)6-8-30-23(34)16-9-14(27)10-17(26)21(16)31-24(35)19-11-20(36-15-12-37-13-15)32-33(19)22-18(28)5-4-7-29-22/h4-5,7,9-11,15H,6,8,12-13H2,1-3H3,(H,30,34)(H,31,35).